The standard InChI is InChI=1S/C13H26OS/c1-5-7-8-11(3)9-12(4)10-13(14)15-6-2/h11-12H,5-10H2,1-4H3/t11-,12+/m0/s1. The molecule has 0 amide bonds. The minimum absolute atomic E-state index is 0.368. The molecule has 1 nitrogen and oxygen atoms in total. The third kappa shape index (κ3) is 8.98. The highest BCUT2D eigenvalue weighted by atomic mass is 32.2. The number of rotatable bonds is 8. The molecule has 2 heteroatoms. The van der Waals surface area contributed by atoms with Crippen LogP contribution >= 0.6 is 11.8 Å². The van der Waals surface area contributed by atoms with Gasteiger partial charge in [-0.15, -0.1) is 0 Å². The van der Waals surface area contributed by atoms with E-state index in [4.69, 9.17) is 0 Å². The van der Waals surface area contributed by atoms with Gasteiger partial charge in [0.25, 0.3) is 0 Å². The van der Waals surface area contributed by atoms with Gasteiger partial charge in [-0.2, -0.15) is 0 Å². The summed E-state index contributed by atoms with van der Waals surface area (Å²) in [5, 5.41) is 0.368. The number of thioether (sulfide) groups is 1. The Bertz CT molecular complexity index is 168. The van der Waals surface area contributed by atoms with Gasteiger partial charge < -0.3 is 0 Å². The summed E-state index contributed by atoms with van der Waals surface area (Å²) in [5.74, 6) is 2.25. The van der Waals surface area contributed by atoms with Crippen molar-refractivity contribution in [2.24, 2.45) is 11.8 Å². The van der Waals surface area contributed by atoms with Crippen molar-refractivity contribution in [2.75, 3.05) is 5.75 Å². The molecule has 0 saturated carbocycles. The van der Waals surface area contributed by atoms with Crippen molar-refractivity contribution < 1.29 is 4.79 Å². The van der Waals surface area contributed by atoms with E-state index in [9.17, 15) is 4.79 Å². The summed E-state index contributed by atoms with van der Waals surface area (Å²) in [6.07, 6.45) is 5.88. The van der Waals surface area contributed by atoms with Crippen LogP contribution in [0, 0.1) is 11.8 Å². The zero-order valence-corrected chi connectivity index (χ0v) is 11.5. The molecule has 15 heavy (non-hydrogen) atoms. The lowest BCUT2D eigenvalue weighted by atomic mass is 9.91. The van der Waals surface area contributed by atoms with Crippen molar-refractivity contribution in [3.05, 3.63) is 0 Å². The lowest BCUT2D eigenvalue weighted by molar-refractivity contribution is -0.111. The van der Waals surface area contributed by atoms with Crippen LogP contribution < -0.4 is 0 Å². The van der Waals surface area contributed by atoms with Crippen LogP contribution in [0.5, 0.6) is 0 Å². The van der Waals surface area contributed by atoms with Gasteiger partial charge in [0, 0.05) is 6.42 Å². The Morgan fingerprint density at radius 1 is 1.20 bits per heavy atom. The van der Waals surface area contributed by atoms with Crippen LogP contribution in [0.15, 0.2) is 0 Å². The molecule has 90 valence electrons. The second kappa shape index (κ2) is 9.26. The van der Waals surface area contributed by atoms with Gasteiger partial charge >= 0.3 is 0 Å². The van der Waals surface area contributed by atoms with Crippen molar-refractivity contribution >= 4 is 16.9 Å². The average molecular weight is 230 g/mol. The molecule has 0 bridgehead atoms. The molecular weight excluding hydrogens is 204 g/mol. The summed E-state index contributed by atoms with van der Waals surface area (Å²) >= 11 is 1.47. The Kier molecular flexibility index (Phi) is 9.27. The van der Waals surface area contributed by atoms with Crippen LogP contribution in [0.3, 0.4) is 0 Å². The van der Waals surface area contributed by atoms with E-state index in [1.807, 2.05) is 6.92 Å². The van der Waals surface area contributed by atoms with Crippen molar-refractivity contribution in [1.29, 1.82) is 0 Å². The largest absolute Gasteiger partial charge is 0.287 e. The highest BCUT2D eigenvalue weighted by Crippen LogP contribution is 2.22. The molecule has 0 aliphatic heterocycles. The van der Waals surface area contributed by atoms with E-state index < -0.39 is 0 Å². The number of hydrogen-bond donors (Lipinski definition) is 0. The molecule has 0 aromatic rings. The third-order valence-electron chi connectivity index (χ3n) is 2.68. The molecule has 0 spiro atoms. The Labute approximate surface area is 99.4 Å². The SMILES string of the molecule is CCCC[C@H](C)C[C@@H](C)CC(=O)SCC. The van der Waals surface area contributed by atoms with Crippen LogP contribution in [-0.4, -0.2) is 10.9 Å². The van der Waals surface area contributed by atoms with E-state index in [-0.39, 0.29) is 0 Å². The van der Waals surface area contributed by atoms with Crippen LogP contribution in [-0.2, 0) is 4.79 Å². The van der Waals surface area contributed by atoms with Gasteiger partial charge in [0.05, 0.1) is 0 Å². The number of carbonyl (C=O) groups is 1. The Hall–Kier alpha value is 0.0200. The predicted molar refractivity (Wildman–Crippen MR) is 70.2 cm³/mol. The van der Waals surface area contributed by atoms with Gasteiger partial charge in [-0.05, 0) is 24.0 Å². The monoisotopic (exact) mass is 230 g/mol. The minimum atomic E-state index is 0.368. The van der Waals surface area contributed by atoms with Crippen molar-refractivity contribution in [1.82, 2.24) is 0 Å². The summed E-state index contributed by atoms with van der Waals surface area (Å²) < 4.78 is 0. The van der Waals surface area contributed by atoms with E-state index in [1.54, 1.807) is 0 Å². The Morgan fingerprint density at radius 3 is 2.40 bits per heavy atom. The topological polar surface area (TPSA) is 17.1 Å². The lowest BCUT2D eigenvalue weighted by Gasteiger charge is -2.16. The molecule has 0 heterocycles. The first kappa shape index (κ1) is 15.0. The maximum absolute atomic E-state index is 11.4. The van der Waals surface area contributed by atoms with Gasteiger partial charge in [0.2, 0.25) is 0 Å². The molecule has 0 saturated heterocycles. The van der Waals surface area contributed by atoms with Crippen LogP contribution in [0.1, 0.15) is 59.8 Å². The maximum atomic E-state index is 11.4. The molecule has 0 rings (SSSR count). The summed E-state index contributed by atoms with van der Waals surface area (Å²) in [6, 6.07) is 0. The number of hydrogen-bond acceptors (Lipinski definition) is 2. The minimum Gasteiger partial charge on any atom is -0.287 e. The van der Waals surface area contributed by atoms with E-state index in [0.717, 1.165) is 18.1 Å². The van der Waals surface area contributed by atoms with Gasteiger partial charge in [-0.25, -0.2) is 0 Å². The summed E-state index contributed by atoms with van der Waals surface area (Å²) in [7, 11) is 0. The van der Waals surface area contributed by atoms with E-state index in [0.29, 0.717) is 11.0 Å². The van der Waals surface area contributed by atoms with E-state index in [1.165, 1.54) is 37.4 Å². The smallest absolute Gasteiger partial charge is 0.189 e. The average Bonchev–Trinajstić information content (AvgIpc) is 2.14. The Balaban J connectivity index is 3.62. The lowest BCUT2D eigenvalue weighted by Crippen LogP contribution is -2.07. The van der Waals surface area contributed by atoms with Crippen molar-refractivity contribution in [2.45, 2.75) is 59.8 Å². The highest BCUT2D eigenvalue weighted by Gasteiger charge is 2.12. The summed E-state index contributed by atoms with van der Waals surface area (Å²) in [4.78, 5) is 11.4. The maximum Gasteiger partial charge on any atom is 0.189 e. The molecule has 0 aromatic carbocycles. The fourth-order valence-electron chi connectivity index (χ4n) is 1.95. The van der Waals surface area contributed by atoms with Crippen LogP contribution in [0.4, 0.5) is 0 Å². The molecule has 0 N–H and O–H groups in total. The molecular formula is C13H26OS. The molecule has 0 radical (unpaired) electrons. The van der Waals surface area contributed by atoms with Gasteiger partial charge in [-0.3, -0.25) is 4.79 Å². The number of carbonyl (C=O) groups excluding carboxylic acids is 1. The normalized spacial score (nSPS) is 14.9. The summed E-state index contributed by atoms with van der Waals surface area (Å²) in [5.41, 5.74) is 0. The molecule has 0 aromatic heterocycles. The fourth-order valence-corrected chi connectivity index (χ4v) is 2.67. The van der Waals surface area contributed by atoms with Crippen molar-refractivity contribution in [3.63, 3.8) is 0 Å². The first-order chi connectivity index (χ1) is 7.10. The summed E-state index contributed by atoms with van der Waals surface area (Å²) in [6.45, 7) is 8.79. The highest BCUT2D eigenvalue weighted by molar-refractivity contribution is 8.13. The zero-order valence-electron chi connectivity index (χ0n) is 10.7. The first-order valence-corrected chi connectivity index (χ1v) is 7.24. The molecule has 0 fully saturated rings. The molecule has 0 unspecified atom stereocenters. The fraction of sp³-hybridized carbons (Fsp3) is 0.923. The number of unbranched alkanes of at least 4 members (excludes halogenated alkanes) is 1. The van der Waals surface area contributed by atoms with Gasteiger partial charge in [0.1, 0.15) is 0 Å². The predicted octanol–water partition coefficient (Wildman–Crippen LogP) is 4.51. The second-order valence-corrected chi connectivity index (χ2v) is 5.92. The van der Waals surface area contributed by atoms with E-state index >= 15 is 0 Å². The van der Waals surface area contributed by atoms with Gasteiger partial charge in [0.15, 0.2) is 5.12 Å². The van der Waals surface area contributed by atoms with E-state index in [2.05, 4.69) is 20.8 Å². The quantitative estimate of drug-likeness (QED) is 0.610. The van der Waals surface area contributed by atoms with Gasteiger partial charge in [-0.1, -0.05) is 58.7 Å². The molecule has 0 aliphatic carbocycles. The molecule has 2 atom stereocenters. The first-order valence-electron chi connectivity index (χ1n) is 6.25. The second-order valence-electron chi connectivity index (χ2n) is 4.60. The van der Waals surface area contributed by atoms with Crippen molar-refractivity contribution in [3.8, 4) is 0 Å². The zero-order chi connectivity index (χ0) is 11.7. The molecule has 0 aliphatic rings. The third-order valence-corrected chi connectivity index (χ3v) is 3.45. The Morgan fingerprint density at radius 2 is 1.87 bits per heavy atom. The van der Waals surface area contributed by atoms with Crippen LogP contribution in [0.2, 0.25) is 0 Å². The van der Waals surface area contributed by atoms with Crippen LogP contribution in [0.25, 0.3) is 0 Å².